The zero-order chi connectivity index (χ0) is 10.8. The third-order valence-electron chi connectivity index (χ3n) is 1.80. The standard InChI is InChI=1S/C9H14N2O3/c1-6-7(14-5-10-6)8(13)11-9(2,3)4-12/h5,12H,4H2,1-3H3,(H,11,13). The summed E-state index contributed by atoms with van der Waals surface area (Å²) in [6.07, 6.45) is 1.22. The van der Waals surface area contributed by atoms with Gasteiger partial charge in [0.25, 0.3) is 5.91 Å². The Morgan fingerprint density at radius 3 is 2.79 bits per heavy atom. The molecule has 0 unspecified atom stereocenters. The first-order chi connectivity index (χ1) is 6.46. The van der Waals surface area contributed by atoms with E-state index in [1.54, 1.807) is 20.8 Å². The van der Waals surface area contributed by atoms with Crippen LogP contribution in [0.3, 0.4) is 0 Å². The van der Waals surface area contributed by atoms with Crippen LogP contribution in [0, 0.1) is 6.92 Å². The minimum Gasteiger partial charge on any atom is -0.438 e. The molecule has 0 fully saturated rings. The highest BCUT2D eigenvalue weighted by Gasteiger charge is 2.23. The number of oxazole rings is 1. The Bertz CT molecular complexity index is 331. The summed E-state index contributed by atoms with van der Waals surface area (Å²) in [4.78, 5) is 15.3. The Balaban J connectivity index is 2.73. The van der Waals surface area contributed by atoms with E-state index in [1.165, 1.54) is 6.39 Å². The molecule has 5 heteroatoms. The summed E-state index contributed by atoms with van der Waals surface area (Å²) in [5.41, 5.74) is -0.118. The highest BCUT2D eigenvalue weighted by molar-refractivity contribution is 5.92. The SMILES string of the molecule is Cc1ncoc1C(=O)NC(C)(C)CO. The van der Waals surface area contributed by atoms with Crippen LogP contribution in [0.25, 0.3) is 0 Å². The molecule has 14 heavy (non-hydrogen) atoms. The van der Waals surface area contributed by atoms with Gasteiger partial charge in [0, 0.05) is 0 Å². The monoisotopic (exact) mass is 198 g/mol. The summed E-state index contributed by atoms with van der Waals surface area (Å²) in [7, 11) is 0. The minimum atomic E-state index is -0.656. The van der Waals surface area contributed by atoms with E-state index >= 15 is 0 Å². The van der Waals surface area contributed by atoms with Crippen LogP contribution in [0.1, 0.15) is 30.1 Å². The van der Waals surface area contributed by atoms with Crippen LogP contribution in [-0.4, -0.2) is 28.1 Å². The molecule has 0 saturated carbocycles. The lowest BCUT2D eigenvalue weighted by Gasteiger charge is -2.22. The highest BCUT2D eigenvalue weighted by atomic mass is 16.3. The van der Waals surface area contributed by atoms with Crippen molar-refractivity contribution in [3.8, 4) is 0 Å². The van der Waals surface area contributed by atoms with E-state index < -0.39 is 5.54 Å². The van der Waals surface area contributed by atoms with Crippen LogP contribution in [0.15, 0.2) is 10.8 Å². The Labute approximate surface area is 82.1 Å². The molecule has 78 valence electrons. The highest BCUT2D eigenvalue weighted by Crippen LogP contribution is 2.07. The Morgan fingerprint density at radius 1 is 1.71 bits per heavy atom. The molecule has 0 aromatic carbocycles. The van der Waals surface area contributed by atoms with Crippen LogP contribution < -0.4 is 5.32 Å². The molecule has 0 radical (unpaired) electrons. The number of carbonyl (C=O) groups is 1. The van der Waals surface area contributed by atoms with Crippen LogP contribution in [-0.2, 0) is 0 Å². The molecule has 0 aliphatic carbocycles. The van der Waals surface area contributed by atoms with Crippen molar-refractivity contribution < 1.29 is 14.3 Å². The van der Waals surface area contributed by atoms with E-state index in [2.05, 4.69) is 10.3 Å². The molecule has 0 aliphatic rings. The quantitative estimate of drug-likeness (QED) is 0.740. The van der Waals surface area contributed by atoms with Gasteiger partial charge in [-0.05, 0) is 20.8 Å². The van der Waals surface area contributed by atoms with Gasteiger partial charge in [0.1, 0.15) is 0 Å². The number of hydrogen-bond acceptors (Lipinski definition) is 4. The van der Waals surface area contributed by atoms with Crippen molar-refractivity contribution in [2.75, 3.05) is 6.61 Å². The molecule has 0 spiro atoms. The lowest BCUT2D eigenvalue weighted by molar-refractivity contribution is 0.0840. The first-order valence-electron chi connectivity index (χ1n) is 4.30. The van der Waals surface area contributed by atoms with Crippen molar-refractivity contribution in [2.45, 2.75) is 26.3 Å². The number of nitrogens with one attached hydrogen (secondary N) is 1. The van der Waals surface area contributed by atoms with Gasteiger partial charge in [-0.25, -0.2) is 4.98 Å². The fourth-order valence-corrected chi connectivity index (χ4v) is 0.923. The Kier molecular flexibility index (Phi) is 2.90. The average molecular weight is 198 g/mol. The van der Waals surface area contributed by atoms with Gasteiger partial charge in [0.15, 0.2) is 6.39 Å². The molecule has 0 saturated heterocycles. The second-order valence-corrected chi connectivity index (χ2v) is 3.76. The Hall–Kier alpha value is -1.36. The van der Waals surface area contributed by atoms with Gasteiger partial charge in [-0.15, -0.1) is 0 Å². The van der Waals surface area contributed by atoms with Gasteiger partial charge in [-0.1, -0.05) is 0 Å². The third kappa shape index (κ3) is 2.32. The van der Waals surface area contributed by atoms with Crippen molar-refractivity contribution in [3.05, 3.63) is 17.8 Å². The number of nitrogens with zero attached hydrogens (tertiary/aromatic N) is 1. The second-order valence-electron chi connectivity index (χ2n) is 3.76. The molecule has 0 aliphatic heterocycles. The van der Waals surface area contributed by atoms with E-state index in [4.69, 9.17) is 9.52 Å². The maximum atomic E-state index is 11.5. The first kappa shape index (κ1) is 10.7. The molecule has 0 bridgehead atoms. The number of carbonyl (C=O) groups excluding carboxylic acids is 1. The molecule has 1 heterocycles. The van der Waals surface area contributed by atoms with Gasteiger partial charge in [-0.3, -0.25) is 4.79 Å². The zero-order valence-electron chi connectivity index (χ0n) is 8.50. The summed E-state index contributed by atoms with van der Waals surface area (Å²) in [5.74, 6) is -0.175. The van der Waals surface area contributed by atoms with Crippen LogP contribution in [0.2, 0.25) is 0 Å². The molecule has 0 atom stereocenters. The summed E-state index contributed by atoms with van der Waals surface area (Å²) in [5, 5.41) is 11.6. The van der Waals surface area contributed by atoms with Crippen LogP contribution in [0.4, 0.5) is 0 Å². The number of amides is 1. The van der Waals surface area contributed by atoms with Crippen molar-refractivity contribution in [1.29, 1.82) is 0 Å². The maximum absolute atomic E-state index is 11.5. The fourth-order valence-electron chi connectivity index (χ4n) is 0.923. The number of aliphatic hydroxyl groups excluding tert-OH is 1. The van der Waals surface area contributed by atoms with Gasteiger partial charge < -0.3 is 14.8 Å². The van der Waals surface area contributed by atoms with E-state index in [-0.39, 0.29) is 18.3 Å². The predicted molar refractivity (Wildman–Crippen MR) is 49.9 cm³/mol. The van der Waals surface area contributed by atoms with E-state index in [0.717, 1.165) is 0 Å². The molecule has 1 amide bonds. The van der Waals surface area contributed by atoms with Crippen LogP contribution >= 0.6 is 0 Å². The second kappa shape index (κ2) is 3.79. The van der Waals surface area contributed by atoms with Crippen LogP contribution in [0.5, 0.6) is 0 Å². The molecular weight excluding hydrogens is 184 g/mol. The van der Waals surface area contributed by atoms with Gasteiger partial charge >= 0.3 is 0 Å². The lowest BCUT2D eigenvalue weighted by Crippen LogP contribution is -2.46. The largest absolute Gasteiger partial charge is 0.438 e. The molecular formula is C9H14N2O3. The lowest BCUT2D eigenvalue weighted by atomic mass is 10.1. The molecule has 1 rings (SSSR count). The van der Waals surface area contributed by atoms with Gasteiger partial charge in [-0.2, -0.15) is 0 Å². The fraction of sp³-hybridized carbons (Fsp3) is 0.556. The van der Waals surface area contributed by atoms with E-state index in [9.17, 15) is 4.79 Å². The summed E-state index contributed by atoms with van der Waals surface area (Å²) >= 11 is 0. The van der Waals surface area contributed by atoms with Crippen molar-refractivity contribution in [3.63, 3.8) is 0 Å². The van der Waals surface area contributed by atoms with E-state index in [0.29, 0.717) is 5.69 Å². The van der Waals surface area contributed by atoms with Crippen molar-refractivity contribution in [1.82, 2.24) is 10.3 Å². The smallest absolute Gasteiger partial charge is 0.289 e. The number of hydrogen-bond donors (Lipinski definition) is 2. The predicted octanol–water partition coefficient (Wildman–Crippen LogP) is 0.484. The maximum Gasteiger partial charge on any atom is 0.289 e. The van der Waals surface area contributed by atoms with E-state index in [1.807, 2.05) is 0 Å². The third-order valence-corrected chi connectivity index (χ3v) is 1.80. The molecule has 1 aromatic heterocycles. The van der Waals surface area contributed by atoms with Crippen molar-refractivity contribution >= 4 is 5.91 Å². The zero-order valence-corrected chi connectivity index (χ0v) is 8.50. The minimum absolute atomic E-state index is 0.133. The molecule has 1 aromatic rings. The number of aromatic nitrogens is 1. The van der Waals surface area contributed by atoms with Crippen molar-refractivity contribution in [2.24, 2.45) is 0 Å². The number of aryl methyl sites for hydroxylation is 1. The van der Waals surface area contributed by atoms with Gasteiger partial charge in [0.05, 0.1) is 17.8 Å². The number of rotatable bonds is 3. The topological polar surface area (TPSA) is 75.4 Å². The first-order valence-corrected chi connectivity index (χ1v) is 4.30. The number of aliphatic hydroxyl groups is 1. The molecule has 2 N–H and O–H groups in total. The summed E-state index contributed by atoms with van der Waals surface area (Å²) in [6.45, 7) is 4.99. The normalized spacial score (nSPS) is 11.4. The summed E-state index contributed by atoms with van der Waals surface area (Å²) in [6, 6.07) is 0. The Morgan fingerprint density at radius 2 is 2.36 bits per heavy atom. The molecule has 5 nitrogen and oxygen atoms in total. The summed E-state index contributed by atoms with van der Waals surface area (Å²) < 4.78 is 4.91. The van der Waals surface area contributed by atoms with Gasteiger partial charge in [0.2, 0.25) is 5.76 Å². The average Bonchev–Trinajstić information content (AvgIpc) is 2.51.